The van der Waals surface area contributed by atoms with E-state index in [0.717, 1.165) is 13.0 Å². The van der Waals surface area contributed by atoms with Crippen molar-refractivity contribution < 1.29 is 4.79 Å². The second-order valence-corrected chi connectivity index (χ2v) is 5.81. The van der Waals surface area contributed by atoms with E-state index in [1.165, 1.54) is 19.3 Å². The lowest BCUT2D eigenvalue weighted by atomic mass is 9.86. The smallest absolute Gasteiger partial charge is 0.271 e. The molecule has 4 nitrogen and oxygen atoms in total. The standard InChI is InChI=1S/C15H22ClN3O/c1-3-17-13-9-8-11(16)14(19-13)15(20)18-12-7-5-4-6-10(12)2/h8-10,12H,3-7H2,1-2H3,(H,17,19)(H,18,20). The van der Waals surface area contributed by atoms with Crippen LogP contribution in [0.3, 0.4) is 0 Å². The molecule has 0 radical (unpaired) electrons. The quantitative estimate of drug-likeness (QED) is 0.894. The van der Waals surface area contributed by atoms with Gasteiger partial charge in [0.05, 0.1) is 5.02 Å². The van der Waals surface area contributed by atoms with Crippen molar-refractivity contribution in [2.24, 2.45) is 5.92 Å². The number of carbonyl (C=O) groups is 1. The minimum absolute atomic E-state index is 0.173. The first-order valence-electron chi connectivity index (χ1n) is 7.33. The molecule has 2 unspecified atom stereocenters. The van der Waals surface area contributed by atoms with E-state index in [1.54, 1.807) is 12.1 Å². The van der Waals surface area contributed by atoms with Crippen LogP contribution < -0.4 is 10.6 Å². The number of rotatable bonds is 4. The maximum Gasteiger partial charge on any atom is 0.271 e. The average molecular weight is 296 g/mol. The lowest BCUT2D eigenvalue weighted by Crippen LogP contribution is -2.41. The summed E-state index contributed by atoms with van der Waals surface area (Å²) < 4.78 is 0. The predicted octanol–water partition coefficient (Wildman–Crippen LogP) is 3.48. The van der Waals surface area contributed by atoms with Gasteiger partial charge in [0.2, 0.25) is 0 Å². The molecule has 1 heterocycles. The highest BCUT2D eigenvalue weighted by molar-refractivity contribution is 6.33. The zero-order valence-corrected chi connectivity index (χ0v) is 12.8. The van der Waals surface area contributed by atoms with Crippen molar-refractivity contribution in [3.8, 4) is 0 Å². The summed E-state index contributed by atoms with van der Waals surface area (Å²) in [7, 11) is 0. The summed E-state index contributed by atoms with van der Waals surface area (Å²) in [6, 6.07) is 3.73. The van der Waals surface area contributed by atoms with E-state index in [4.69, 9.17) is 11.6 Å². The number of anilines is 1. The Morgan fingerprint density at radius 2 is 2.15 bits per heavy atom. The minimum atomic E-state index is -0.173. The molecular weight excluding hydrogens is 274 g/mol. The SMILES string of the molecule is CCNc1ccc(Cl)c(C(=O)NC2CCCCC2C)n1. The van der Waals surface area contributed by atoms with Crippen LogP contribution in [-0.4, -0.2) is 23.5 Å². The molecule has 2 atom stereocenters. The topological polar surface area (TPSA) is 54.0 Å². The fourth-order valence-corrected chi connectivity index (χ4v) is 2.84. The van der Waals surface area contributed by atoms with Crippen LogP contribution in [0.1, 0.15) is 50.0 Å². The van der Waals surface area contributed by atoms with Crippen LogP contribution in [0.5, 0.6) is 0 Å². The van der Waals surface area contributed by atoms with E-state index < -0.39 is 0 Å². The molecule has 1 saturated carbocycles. The zero-order chi connectivity index (χ0) is 14.5. The van der Waals surface area contributed by atoms with Gasteiger partial charge in [0, 0.05) is 12.6 Å². The molecule has 1 aromatic heterocycles. The second-order valence-electron chi connectivity index (χ2n) is 5.40. The third-order valence-corrected chi connectivity index (χ3v) is 4.15. The summed E-state index contributed by atoms with van der Waals surface area (Å²) in [6.45, 7) is 4.93. The molecule has 0 aromatic carbocycles. The molecule has 2 rings (SSSR count). The number of halogens is 1. The van der Waals surface area contributed by atoms with Gasteiger partial charge in [0.1, 0.15) is 11.5 Å². The van der Waals surface area contributed by atoms with Crippen molar-refractivity contribution >= 4 is 23.3 Å². The Bertz CT molecular complexity index is 478. The number of aromatic nitrogens is 1. The highest BCUT2D eigenvalue weighted by Crippen LogP contribution is 2.24. The summed E-state index contributed by atoms with van der Waals surface area (Å²) in [6.07, 6.45) is 4.64. The summed E-state index contributed by atoms with van der Waals surface area (Å²) in [4.78, 5) is 16.6. The largest absolute Gasteiger partial charge is 0.370 e. The molecule has 5 heteroatoms. The Balaban J connectivity index is 2.09. The van der Waals surface area contributed by atoms with Crippen molar-refractivity contribution in [3.05, 3.63) is 22.8 Å². The number of pyridine rings is 1. The fourth-order valence-electron chi connectivity index (χ4n) is 2.65. The predicted molar refractivity (Wildman–Crippen MR) is 82.3 cm³/mol. The van der Waals surface area contributed by atoms with Crippen LogP contribution in [0.4, 0.5) is 5.82 Å². The van der Waals surface area contributed by atoms with Gasteiger partial charge in [-0.2, -0.15) is 0 Å². The van der Waals surface area contributed by atoms with Crippen molar-refractivity contribution in [3.63, 3.8) is 0 Å². The Hall–Kier alpha value is -1.29. The van der Waals surface area contributed by atoms with Gasteiger partial charge >= 0.3 is 0 Å². The van der Waals surface area contributed by atoms with Gasteiger partial charge in [-0.05, 0) is 37.8 Å². The highest BCUT2D eigenvalue weighted by Gasteiger charge is 2.24. The summed E-state index contributed by atoms with van der Waals surface area (Å²) in [5, 5.41) is 6.57. The van der Waals surface area contributed by atoms with Crippen molar-refractivity contribution in [1.29, 1.82) is 0 Å². The Morgan fingerprint density at radius 1 is 1.40 bits per heavy atom. The number of amides is 1. The Morgan fingerprint density at radius 3 is 2.85 bits per heavy atom. The van der Waals surface area contributed by atoms with E-state index in [1.807, 2.05) is 6.92 Å². The lowest BCUT2D eigenvalue weighted by Gasteiger charge is -2.29. The van der Waals surface area contributed by atoms with Crippen molar-refractivity contribution in [2.75, 3.05) is 11.9 Å². The second kappa shape index (κ2) is 6.93. The number of nitrogens with zero attached hydrogens (tertiary/aromatic N) is 1. The van der Waals surface area contributed by atoms with Gasteiger partial charge in [-0.25, -0.2) is 4.98 Å². The highest BCUT2D eigenvalue weighted by atomic mass is 35.5. The molecule has 110 valence electrons. The van der Waals surface area contributed by atoms with E-state index in [9.17, 15) is 4.79 Å². The van der Waals surface area contributed by atoms with E-state index in [-0.39, 0.29) is 11.9 Å². The number of carbonyl (C=O) groups excluding carboxylic acids is 1. The maximum atomic E-state index is 12.3. The molecule has 1 amide bonds. The molecule has 1 aliphatic rings. The van der Waals surface area contributed by atoms with Crippen LogP contribution >= 0.6 is 11.6 Å². The number of hydrogen-bond donors (Lipinski definition) is 2. The Kier molecular flexibility index (Phi) is 5.24. The first-order chi connectivity index (χ1) is 9.61. The van der Waals surface area contributed by atoms with Crippen LogP contribution in [-0.2, 0) is 0 Å². The zero-order valence-electron chi connectivity index (χ0n) is 12.1. The number of hydrogen-bond acceptors (Lipinski definition) is 3. The normalized spacial score (nSPS) is 22.4. The summed E-state index contributed by atoms with van der Waals surface area (Å²) in [5.74, 6) is 1.02. The van der Waals surface area contributed by atoms with Crippen molar-refractivity contribution in [1.82, 2.24) is 10.3 Å². The van der Waals surface area contributed by atoms with E-state index >= 15 is 0 Å². The maximum absolute atomic E-state index is 12.3. The molecule has 20 heavy (non-hydrogen) atoms. The Labute approximate surface area is 125 Å². The van der Waals surface area contributed by atoms with Gasteiger partial charge in [-0.3, -0.25) is 4.79 Å². The molecule has 0 spiro atoms. The van der Waals surface area contributed by atoms with Crippen LogP contribution in [0.15, 0.2) is 12.1 Å². The molecule has 1 fully saturated rings. The van der Waals surface area contributed by atoms with Gasteiger partial charge in [0.15, 0.2) is 0 Å². The van der Waals surface area contributed by atoms with Crippen LogP contribution in [0.2, 0.25) is 5.02 Å². The van der Waals surface area contributed by atoms with Crippen LogP contribution in [0, 0.1) is 5.92 Å². The molecular formula is C15H22ClN3O. The fraction of sp³-hybridized carbons (Fsp3) is 0.600. The third kappa shape index (κ3) is 3.63. The van der Waals surface area contributed by atoms with Gasteiger partial charge < -0.3 is 10.6 Å². The number of nitrogens with one attached hydrogen (secondary N) is 2. The van der Waals surface area contributed by atoms with Crippen molar-refractivity contribution in [2.45, 2.75) is 45.6 Å². The monoisotopic (exact) mass is 295 g/mol. The average Bonchev–Trinajstić information content (AvgIpc) is 2.43. The first-order valence-corrected chi connectivity index (χ1v) is 7.71. The molecule has 0 saturated heterocycles. The first kappa shape index (κ1) is 15.1. The molecule has 1 aliphatic carbocycles. The lowest BCUT2D eigenvalue weighted by molar-refractivity contribution is 0.0905. The molecule has 1 aromatic rings. The van der Waals surface area contributed by atoms with E-state index in [2.05, 4.69) is 22.5 Å². The van der Waals surface area contributed by atoms with E-state index in [0.29, 0.717) is 22.5 Å². The summed E-state index contributed by atoms with van der Waals surface area (Å²) in [5.41, 5.74) is 0.308. The third-order valence-electron chi connectivity index (χ3n) is 3.85. The molecule has 0 bridgehead atoms. The molecule has 2 N–H and O–H groups in total. The molecule has 0 aliphatic heterocycles. The minimum Gasteiger partial charge on any atom is -0.370 e. The van der Waals surface area contributed by atoms with Gasteiger partial charge in [-0.15, -0.1) is 0 Å². The van der Waals surface area contributed by atoms with Crippen LogP contribution in [0.25, 0.3) is 0 Å². The summed E-state index contributed by atoms with van der Waals surface area (Å²) >= 11 is 6.09. The van der Waals surface area contributed by atoms with Gasteiger partial charge in [-0.1, -0.05) is 31.4 Å². The van der Waals surface area contributed by atoms with Gasteiger partial charge in [0.25, 0.3) is 5.91 Å².